The van der Waals surface area contributed by atoms with Crippen LogP contribution in [0.1, 0.15) is 28.5 Å². The molecule has 0 aliphatic carbocycles. The van der Waals surface area contributed by atoms with Gasteiger partial charge in [-0.3, -0.25) is 4.98 Å². The Kier molecular flexibility index (Phi) is 4.74. The van der Waals surface area contributed by atoms with Gasteiger partial charge in [0.2, 0.25) is 0 Å². The molecule has 0 aliphatic heterocycles. The van der Waals surface area contributed by atoms with Crippen molar-refractivity contribution in [3.8, 4) is 0 Å². The Morgan fingerprint density at radius 1 is 1.40 bits per heavy atom. The monoisotopic (exact) mass is 334 g/mol. The number of carboxylic acids is 1. The van der Waals surface area contributed by atoms with Crippen LogP contribution in [0.4, 0.5) is 5.69 Å². The van der Waals surface area contributed by atoms with Gasteiger partial charge in [-0.2, -0.15) is 0 Å². The molecule has 0 saturated carbocycles. The fraction of sp³-hybridized carbons (Fsp3) is 0.200. The van der Waals surface area contributed by atoms with Crippen LogP contribution in [0.25, 0.3) is 0 Å². The maximum atomic E-state index is 11.0. The SMILES string of the molecule is CCc1cccnc1CNc1cc(Br)cc(C(=O)O)c1. The molecular formula is C15H15BrN2O2. The van der Waals surface area contributed by atoms with Crippen molar-refractivity contribution in [2.24, 2.45) is 0 Å². The summed E-state index contributed by atoms with van der Waals surface area (Å²) < 4.78 is 0.733. The molecule has 1 aromatic heterocycles. The number of carbonyl (C=O) groups is 1. The van der Waals surface area contributed by atoms with E-state index in [4.69, 9.17) is 5.11 Å². The molecule has 2 aromatic rings. The van der Waals surface area contributed by atoms with E-state index in [1.165, 1.54) is 5.56 Å². The Balaban J connectivity index is 2.16. The van der Waals surface area contributed by atoms with Gasteiger partial charge in [0.15, 0.2) is 0 Å². The van der Waals surface area contributed by atoms with E-state index in [1.807, 2.05) is 18.2 Å². The van der Waals surface area contributed by atoms with Crippen LogP contribution in [0.2, 0.25) is 0 Å². The van der Waals surface area contributed by atoms with Crippen LogP contribution in [0.15, 0.2) is 41.0 Å². The molecule has 1 heterocycles. The van der Waals surface area contributed by atoms with Crippen LogP contribution >= 0.6 is 15.9 Å². The zero-order valence-electron chi connectivity index (χ0n) is 11.1. The van der Waals surface area contributed by atoms with Gasteiger partial charge in [-0.05, 0) is 36.2 Å². The number of nitrogens with zero attached hydrogens (tertiary/aromatic N) is 1. The van der Waals surface area contributed by atoms with Crippen molar-refractivity contribution in [2.45, 2.75) is 19.9 Å². The summed E-state index contributed by atoms with van der Waals surface area (Å²) in [5, 5.41) is 12.3. The highest BCUT2D eigenvalue weighted by atomic mass is 79.9. The molecule has 0 spiro atoms. The van der Waals surface area contributed by atoms with Gasteiger partial charge in [0.1, 0.15) is 0 Å². The molecule has 0 bridgehead atoms. The number of hydrogen-bond donors (Lipinski definition) is 2. The third-order valence-corrected chi connectivity index (χ3v) is 3.43. The van der Waals surface area contributed by atoms with E-state index in [9.17, 15) is 4.79 Å². The summed E-state index contributed by atoms with van der Waals surface area (Å²) in [7, 11) is 0. The number of anilines is 1. The topological polar surface area (TPSA) is 62.2 Å². The lowest BCUT2D eigenvalue weighted by atomic mass is 10.1. The average Bonchev–Trinajstić information content (AvgIpc) is 2.44. The molecule has 2 N–H and O–H groups in total. The molecular weight excluding hydrogens is 320 g/mol. The van der Waals surface area contributed by atoms with Gasteiger partial charge in [-0.15, -0.1) is 0 Å². The number of aromatic carboxylic acids is 1. The van der Waals surface area contributed by atoms with E-state index in [2.05, 4.69) is 33.2 Å². The van der Waals surface area contributed by atoms with Crippen molar-refractivity contribution in [3.63, 3.8) is 0 Å². The predicted molar refractivity (Wildman–Crippen MR) is 82.0 cm³/mol. The van der Waals surface area contributed by atoms with Gasteiger partial charge in [0.05, 0.1) is 17.8 Å². The van der Waals surface area contributed by atoms with Crippen molar-refractivity contribution in [1.82, 2.24) is 4.98 Å². The third kappa shape index (κ3) is 3.57. The van der Waals surface area contributed by atoms with Gasteiger partial charge < -0.3 is 10.4 Å². The van der Waals surface area contributed by atoms with E-state index in [1.54, 1.807) is 18.3 Å². The fourth-order valence-electron chi connectivity index (χ4n) is 1.95. The first-order chi connectivity index (χ1) is 9.60. The summed E-state index contributed by atoms with van der Waals surface area (Å²) >= 11 is 3.32. The Labute approximate surface area is 126 Å². The Bertz CT molecular complexity index is 629. The molecule has 0 fully saturated rings. The zero-order chi connectivity index (χ0) is 14.5. The second-order valence-electron chi connectivity index (χ2n) is 4.35. The molecule has 0 saturated heterocycles. The Hall–Kier alpha value is -1.88. The van der Waals surface area contributed by atoms with E-state index in [0.717, 1.165) is 22.3 Å². The number of benzene rings is 1. The first-order valence-electron chi connectivity index (χ1n) is 6.30. The van der Waals surface area contributed by atoms with Gasteiger partial charge >= 0.3 is 5.97 Å². The molecule has 0 radical (unpaired) electrons. The first kappa shape index (κ1) is 14.5. The highest BCUT2D eigenvalue weighted by molar-refractivity contribution is 9.10. The summed E-state index contributed by atoms with van der Waals surface area (Å²) in [6.07, 6.45) is 2.68. The summed E-state index contributed by atoms with van der Waals surface area (Å²) in [5.41, 5.74) is 3.17. The minimum Gasteiger partial charge on any atom is -0.478 e. The number of aromatic nitrogens is 1. The van der Waals surface area contributed by atoms with Gasteiger partial charge in [-0.25, -0.2) is 4.79 Å². The molecule has 0 unspecified atom stereocenters. The van der Waals surface area contributed by atoms with Crippen molar-refractivity contribution in [2.75, 3.05) is 5.32 Å². The molecule has 4 nitrogen and oxygen atoms in total. The fourth-order valence-corrected chi connectivity index (χ4v) is 2.45. The number of carboxylic acid groups (broad SMARTS) is 1. The number of hydrogen-bond acceptors (Lipinski definition) is 3. The number of aryl methyl sites for hydroxylation is 1. The van der Waals surface area contributed by atoms with Gasteiger partial charge in [0, 0.05) is 16.4 Å². The molecule has 0 amide bonds. The van der Waals surface area contributed by atoms with E-state index < -0.39 is 5.97 Å². The minimum absolute atomic E-state index is 0.249. The van der Waals surface area contributed by atoms with Crippen molar-refractivity contribution in [3.05, 3.63) is 57.8 Å². The Morgan fingerprint density at radius 3 is 2.90 bits per heavy atom. The van der Waals surface area contributed by atoms with Crippen LogP contribution in [0.5, 0.6) is 0 Å². The average molecular weight is 335 g/mol. The van der Waals surface area contributed by atoms with E-state index in [0.29, 0.717) is 6.54 Å². The number of pyridine rings is 1. The van der Waals surface area contributed by atoms with Crippen LogP contribution in [-0.4, -0.2) is 16.1 Å². The lowest BCUT2D eigenvalue weighted by Gasteiger charge is -2.10. The molecule has 1 aromatic carbocycles. The molecule has 5 heteroatoms. The lowest BCUT2D eigenvalue weighted by molar-refractivity contribution is 0.0697. The van der Waals surface area contributed by atoms with Crippen molar-refractivity contribution < 1.29 is 9.90 Å². The quantitative estimate of drug-likeness (QED) is 0.874. The second kappa shape index (κ2) is 6.52. The van der Waals surface area contributed by atoms with Gasteiger partial charge in [0.25, 0.3) is 0 Å². The smallest absolute Gasteiger partial charge is 0.335 e. The standard InChI is InChI=1S/C15H15BrN2O2/c1-2-10-4-3-5-17-14(10)9-18-13-7-11(15(19)20)6-12(16)8-13/h3-8,18H,2,9H2,1H3,(H,19,20). The first-order valence-corrected chi connectivity index (χ1v) is 7.10. The number of rotatable bonds is 5. The predicted octanol–water partition coefficient (Wildman–Crippen LogP) is 3.72. The maximum Gasteiger partial charge on any atom is 0.335 e. The van der Waals surface area contributed by atoms with E-state index >= 15 is 0 Å². The molecule has 0 atom stereocenters. The summed E-state index contributed by atoms with van der Waals surface area (Å²) in [6, 6.07) is 9.01. The van der Waals surface area contributed by atoms with E-state index in [-0.39, 0.29) is 5.56 Å². The normalized spacial score (nSPS) is 10.3. The highest BCUT2D eigenvalue weighted by Crippen LogP contribution is 2.20. The summed E-state index contributed by atoms with van der Waals surface area (Å²) in [4.78, 5) is 15.4. The third-order valence-electron chi connectivity index (χ3n) is 2.97. The number of halogens is 1. The van der Waals surface area contributed by atoms with Crippen LogP contribution < -0.4 is 5.32 Å². The van der Waals surface area contributed by atoms with Crippen LogP contribution in [0, 0.1) is 0 Å². The lowest BCUT2D eigenvalue weighted by Crippen LogP contribution is -2.06. The molecule has 104 valence electrons. The molecule has 0 aliphatic rings. The highest BCUT2D eigenvalue weighted by Gasteiger charge is 2.07. The Morgan fingerprint density at radius 2 is 2.20 bits per heavy atom. The minimum atomic E-state index is -0.943. The summed E-state index contributed by atoms with van der Waals surface area (Å²) in [5.74, 6) is -0.943. The van der Waals surface area contributed by atoms with Gasteiger partial charge in [-0.1, -0.05) is 28.9 Å². The van der Waals surface area contributed by atoms with Crippen LogP contribution in [-0.2, 0) is 13.0 Å². The van der Waals surface area contributed by atoms with Crippen molar-refractivity contribution in [1.29, 1.82) is 0 Å². The zero-order valence-corrected chi connectivity index (χ0v) is 12.6. The summed E-state index contributed by atoms with van der Waals surface area (Å²) in [6.45, 7) is 2.65. The number of nitrogens with one attached hydrogen (secondary N) is 1. The van der Waals surface area contributed by atoms with Crippen LogP contribution in [0.3, 0.4) is 0 Å². The largest absolute Gasteiger partial charge is 0.478 e. The second-order valence-corrected chi connectivity index (χ2v) is 5.27. The maximum absolute atomic E-state index is 11.0. The van der Waals surface area contributed by atoms with Crippen molar-refractivity contribution >= 4 is 27.6 Å². The molecule has 20 heavy (non-hydrogen) atoms. The molecule has 2 rings (SSSR count).